The molecule has 0 aliphatic carbocycles. The Hall–Kier alpha value is -1.17. The van der Waals surface area contributed by atoms with Crippen molar-refractivity contribution in [3.8, 4) is 5.75 Å². The summed E-state index contributed by atoms with van der Waals surface area (Å²) in [6.07, 6.45) is 1.53. The fourth-order valence-corrected chi connectivity index (χ4v) is 2.83. The highest BCUT2D eigenvalue weighted by Crippen LogP contribution is 2.19. The molecule has 0 amide bonds. The molecule has 2 atom stereocenters. The molecule has 1 aliphatic rings. The van der Waals surface area contributed by atoms with Gasteiger partial charge < -0.3 is 14.7 Å². The van der Waals surface area contributed by atoms with E-state index in [1.165, 1.54) is 12.1 Å². The smallest absolute Gasteiger partial charge is 0.123 e. The third-order valence-corrected chi connectivity index (χ3v) is 3.75. The molecule has 0 radical (unpaired) electrons. The monoisotopic (exact) mass is 296 g/mol. The number of likely N-dealkylation sites (N-methyl/N-ethyl adjacent to an activating group) is 1. The molecule has 1 aliphatic heterocycles. The second-order valence-corrected chi connectivity index (χ2v) is 5.96. The number of likely N-dealkylation sites (tertiary alicyclic amines) is 1. The highest BCUT2D eigenvalue weighted by Gasteiger charge is 2.30. The normalized spacial score (nSPS) is 22.9. The largest absolute Gasteiger partial charge is 0.494 e. The molecule has 1 aromatic carbocycles. The van der Waals surface area contributed by atoms with Crippen LogP contribution in [0.4, 0.5) is 4.39 Å². The van der Waals surface area contributed by atoms with E-state index in [2.05, 4.69) is 23.9 Å². The lowest BCUT2D eigenvalue weighted by atomic mass is 10.2. The minimum absolute atomic E-state index is 0.215. The Morgan fingerprint density at radius 3 is 2.71 bits per heavy atom. The average molecular weight is 296 g/mol. The highest BCUT2D eigenvalue weighted by atomic mass is 19.1. The van der Waals surface area contributed by atoms with E-state index < -0.39 is 0 Å². The van der Waals surface area contributed by atoms with Gasteiger partial charge in [-0.25, -0.2) is 4.39 Å². The van der Waals surface area contributed by atoms with E-state index in [0.717, 1.165) is 32.5 Å². The summed E-state index contributed by atoms with van der Waals surface area (Å²) in [5, 5.41) is 9.82. The molecule has 1 fully saturated rings. The Morgan fingerprint density at radius 2 is 2.05 bits per heavy atom. The van der Waals surface area contributed by atoms with Crippen LogP contribution in [-0.2, 0) is 0 Å². The van der Waals surface area contributed by atoms with Crippen LogP contribution in [0.3, 0.4) is 0 Å². The lowest BCUT2D eigenvalue weighted by molar-refractivity contribution is 0.166. The molecular formula is C16H25FN2O2. The van der Waals surface area contributed by atoms with Crippen LogP contribution >= 0.6 is 0 Å². The first-order valence-electron chi connectivity index (χ1n) is 7.50. The molecule has 0 bridgehead atoms. The van der Waals surface area contributed by atoms with Gasteiger partial charge in [-0.05, 0) is 51.2 Å². The molecule has 0 saturated carbocycles. The number of benzene rings is 1. The molecule has 21 heavy (non-hydrogen) atoms. The molecule has 2 unspecified atom stereocenters. The average Bonchev–Trinajstić information content (AvgIpc) is 2.76. The number of aliphatic hydroxyl groups excluding tert-OH is 1. The van der Waals surface area contributed by atoms with Crippen molar-refractivity contribution < 1.29 is 14.2 Å². The second kappa shape index (κ2) is 7.73. The fourth-order valence-electron chi connectivity index (χ4n) is 2.83. The maximum absolute atomic E-state index is 12.8. The zero-order valence-corrected chi connectivity index (χ0v) is 12.8. The number of aliphatic hydroxyl groups is 1. The second-order valence-electron chi connectivity index (χ2n) is 5.96. The molecule has 2 rings (SSSR count). The number of nitrogens with zero attached hydrogens (tertiary/aromatic N) is 2. The summed E-state index contributed by atoms with van der Waals surface area (Å²) in [5.74, 6) is 0.447. The van der Waals surface area contributed by atoms with Gasteiger partial charge in [-0.15, -0.1) is 0 Å². The number of hydrogen-bond donors (Lipinski definition) is 1. The van der Waals surface area contributed by atoms with Gasteiger partial charge in [-0.2, -0.15) is 0 Å². The van der Waals surface area contributed by atoms with Gasteiger partial charge in [0, 0.05) is 25.7 Å². The molecular weight excluding hydrogens is 271 g/mol. The Bertz CT molecular complexity index is 425. The van der Waals surface area contributed by atoms with Crippen LogP contribution in [-0.4, -0.2) is 67.4 Å². The summed E-state index contributed by atoms with van der Waals surface area (Å²) in [4.78, 5) is 4.49. The van der Waals surface area contributed by atoms with Crippen molar-refractivity contribution in [1.29, 1.82) is 0 Å². The van der Waals surface area contributed by atoms with Gasteiger partial charge in [0.05, 0.1) is 12.7 Å². The van der Waals surface area contributed by atoms with E-state index >= 15 is 0 Å². The fraction of sp³-hybridized carbons (Fsp3) is 0.625. The first kappa shape index (κ1) is 16.2. The van der Waals surface area contributed by atoms with Gasteiger partial charge >= 0.3 is 0 Å². The zero-order valence-electron chi connectivity index (χ0n) is 12.8. The maximum Gasteiger partial charge on any atom is 0.123 e. The highest BCUT2D eigenvalue weighted by molar-refractivity contribution is 5.21. The topological polar surface area (TPSA) is 35.9 Å². The zero-order chi connectivity index (χ0) is 15.2. The van der Waals surface area contributed by atoms with Gasteiger partial charge in [-0.1, -0.05) is 0 Å². The molecule has 5 heteroatoms. The summed E-state index contributed by atoms with van der Waals surface area (Å²) in [5.41, 5.74) is 0. The third kappa shape index (κ3) is 5.26. The summed E-state index contributed by atoms with van der Waals surface area (Å²) < 4.78 is 18.4. The third-order valence-electron chi connectivity index (χ3n) is 3.75. The molecule has 0 spiro atoms. The van der Waals surface area contributed by atoms with Gasteiger partial charge in [0.15, 0.2) is 0 Å². The summed E-state index contributed by atoms with van der Waals surface area (Å²) in [7, 11) is 4.11. The summed E-state index contributed by atoms with van der Waals surface area (Å²) in [6, 6.07) is 6.51. The predicted molar refractivity (Wildman–Crippen MR) is 81.1 cm³/mol. The van der Waals surface area contributed by atoms with Crippen LogP contribution in [0.5, 0.6) is 5.75 Å². The molecule has 1 saturated heterocycles. The van der Waals surface area contributed by atoms with Crippen LogP contribution in [0.25, 0.3) is 0 Å². The molecule has 0 aromatic heterocycles. The van der Waals surface area contributed by atoms with Crippen molar-refractivity contribution in [2.45, 2.75) is 25.0 Å². The standard InChI is InChI=1S/C16H25FN2O2/c1-18(2)11-14-10-15(20)12-19(14)8-3-9-21-16-6-4-13(17)5-7-16/h4-7,14-15,20H,3,8-12H2,1-2H3. The van der Waals surface area contributed by atoms with Crippen molar-refractivity contribution in [2.75, 3.05) is 40.3 Å². The Morgan fingerprint density at radius 1 is 1.33 bits per heavy atom. The Labute approximate surface area is 126 Å². The van der Waals surface area contributed by atoms with Crippen molar-refractivity contribution in [1.82, 2.24) is 9.80 Å². The van der Waals surface area contributed by atoms with Crippen LogP contribution in [0, 0.1) is 5.82 Å². The van der Waals surface area contributed by atoms with Crippen molar-refractivity contribution in [3.05, 3.63) is 30.1 Å². The first-order chi connectivity index (χ1) is 10.0. The van der Waals surface area contributed by atoms with Gasteiger partial charge in [-0.3, -0.25) is 4.90 Å². The number of rotatable bonds is 7. The van der Waals surface area contributed by atoms with Crippen molar-refractivity contribution >= 4 is 0 Å². The first-order valence-corrected chi connectivity index (χ1v) is 7.50. The van der Waals surface area contributed by atoms with Crippen LogP contribution < -0.4 is 4.74 Å². The molecule has 1 heterocycles. The van der Waals surface area contributed by atoms with Gasteiger partial charge in [0.1, 0.15) is 11.6 Å². The van der Waals surface area contributed by atoms with E-state index in [4.69, 9.17) is 4.74 Å². The molecule has 1 aromatic rings. The minimum Gasteiger partial charge on any atom is -0.494 e. The van der Waals surface area contributed by atoms with E-state index in [0.29, 0.717) is 18.4 Å². The lowest BCUT2D eigenvalue weighted by Gasteiger charge is -2.26. The van der Waals surface area contributed by atoms with Crippen LogP contribution in [0.2, 0.25) is 0 Å². The maximum atomic E-state index is 12.8. The molecule has 4 nitrogen and oxygen atoms in total. The van der Waals surface area contributed by atoms with E-state index in [-0.39, 0.29) is 11.9 Å². The number of β-amino-alcohol motifs (C(OH)–C–C–N with tert-alkyl or cyclic N) is 1. The van der Waals surface area contributed by atoms with Gasteiger partial charge in [0.2, 0.25) is 0 Å². The van der Waals surface area contributed by atoms with Gasteiger partial charge in [0.25, 0.3) is 0 Å². The minimum atomic E-state index is -0.250. The van der Waals surface area contributed by atoms with Crippen LogP contribution in [0.1, 0.15) is 12.8 Å². The van der Waals surface area contributed by atoms with E-state index in [1.54, 1.807) is 12.1 Å². The van der Waals surface area contributed by atoms with Crippen molar-refractivity contribution in [3.63, 3.8) is 0 Å². The Balaban J connectivity index is 1.70. The van der Waals surface area contributed by atoms with Crippen LogP contribution in [0.15, 0.2) is 24.3 Å². The SMILES string of the molecule is CN(C)CC1CC(O)CN1CCCOc1ccc(F)cc1. The number of hydrogen-bond acceptors (Lipinski definition) is 4. The molecule has 1 N–H and O–H groups in total. The van der Waals surface area contributed by atoms with E-state index in [9.17, 15) is 9.50 Å². The summed E-state index contributed by atoms with van der Waals surface area (Å²) in [6.45, 7) is 3.23. The lowest BCUT2D eigenvalue weighted by Crippen LogP contribution is -2.38. The van der Waals surface area contributed by atoms with E-state index in [1.807, 2.05) is 0 Å². The molecule has 118 valence electrons. The van der Waals surface area contributed by atoms with Crippen molar-refractivity contribution in [2.24, 2.45) is 0 Å². The quantitative estimate of drug-likeness (QED) is 0.775. The summed E-state index contributed by atoms with van der Waals surface area (Å²) >= 11 is 0. The predicted octanol–water partition coefficient (Wildman–Crippen LogP) is 1.59. The Kier molecular flexibility index (Phi) is 5.96. The number of ether oxygens (including phenoxy) is 1. The number of halogens is 1.